The van der Waals surface area contributed by atoms with Gasteiger partial charge in [-0.25, -0.2) is 0 Å². The summed E-state index contributed by atoms with van der Waals surface area (Å²) in [6.45, 7) is 7.20. The molecule has 2 aromatic rings. The Morgan fingerprint density at radius 2 is 1.62 bits per heavy atom. The fourth-order valence-electron chi connectivity index (χ4n) is 2.85. The van der Waals surface area contributed by atoms with Crippen molar-refractivity contribution in [3.8, 4) is 17.2 Å². The Morgan fingerprint density at radius 3 is 2.17 bits per heavy atom. The summed E-state index contributed by atoms with van der Waals surface area (Å²) in [4.78, 5) is 0. The van der Waals surface area contributed by atoms with Gasteiger partial charge in [0.1, 0.15) is 28.3 Å². The standard InChI is InChI=1S/C23H27BrCl2O3/c1-4-17-14-21(27-13-11-22(25)26)15-18(5-2)23(17)28-12-10-16(3)29-20-8-6-19(24)7-9-20/h6-9,11,14-16H,4-5,10,12-13H2,1-3H3. The summed E-state index contributed by atoms with van der Waals surface area (Å²) >= 11 is 14.7. The fraction of sp³-hybridized carbons (Fsp3) is 0.391. The van der Waals surface area contributed by atoms with E-state index in [0.29, 0.717) is 13.2 Å². The Labute approximate surface area is 192 Å². The molecule has 0 radical (unpaired) electrons. The van der Waals surface area contributed by atoms with E-state index in [1.807, 2.05) is 36.4 Å². The first kappa shape index (κ1) is 23.9. The minimum atomic E-state index is 0.0565. The Morgan fingerprint density at radius 1 is 1.00 bits per heavy atom. The predicted octanol–water partition coefficient (Wildman–Crippen LogP) is 7.51. The van der Waals surface area contributed by atoms with Crippen LogP contribution in [0.2, 0.25) is 0 Å². The molecule has 2 rings (SSSR count). The molecular weight excluding hydrogens is 475 g/mol. The first-order valence-electron chi connectivity index (χ1n) is 9.77. The molecule has 0 bridgehead atoms. The minimum absolute atomic E-state index is 0.0565. The molecule has 29 heavy (non-hydrogen) atoms. The molecule has 1 atom stereocenters. The van der Waals surface area contributed by atoms with E-state index in [1.54, 1.807) is 6.08 Å². The highest BCUT2D eigenvalue weighted by Gasteiger charge is 2.13. The molecule has 1 unspecified atom stereocenters. The third-order valence-electron chi connectivity index (χ3n) is 4.39. The zero-order valence-corrected chi connectivity index (χ0v) is 20.1. The van der Waals surface area contributed by atoms with Crippen LogP contribution in [-0.4, -0.2) is 19.3 Å². The second kappa shape index (κ2) is 12.4. The number of rotatable bonds is 11. The predicted molar refractivity (Wildman–Crippen MR) is 125 cm³/mol. The summed E-state index contributed by atoms with van der Waals surface area (Å²) in [7, 11) is 0. The van der Waals surface area contributed by atoms with Gasteiger partial charge in [0.05, 0.1) is 12.7 Å². The van der Waals surface area contributed by atoms with Gasteiger partial charge in [-0.2, -0.15) is 0 Å². The number of hydrogen-bond donors (Lipinski definition) is 0. The van der Waals surface area contributed by atoms with E-state index in [4.69, 9.17) is 37.4 Å². The smallest absolute Gasteiger partial charge is 0.125 e. The highest BCUT2D eigenvalue weighted by atomic mass is 79.9. The monoisotopic (exact) mass is 500 g/mol. The summed E-state index contributed by atoms with van der Waals surface area (Å²) in [5.41, 5.74) is 2.25. The maximum Gasteiger partial charge on any atom is 0.125 e. The molecule has 3 nitrogen and oxygen atoms in total. The topological polar surface area (TPSA) is 27.7 Å². The first-order valence-corrected chi connectivity index (χ1v) is 11.3. The normalized spacial score (nSPS) is 11.7. The molecule has 0 heterocycles. The first-order chi connectivity index (χ1) is 13.9. The number of hydrogen-bond acceptors (Lipinski definition) is 3. The van der Waals surface area contributed by atoms with Crippen LogP contribution in [0.5, 0.6) is 17.2 Å². The van der Waals surface area contributed by atoms with Crippen molar-refractivity contribution in [1.29, 1.82) is 0 Å². The number of halogens is 3. The summed E-state index contributed by atoms with van der Waals surface area (Å²) in [5, 5.41) is 0. The summed E-state index contributed by atoms with van der Waals surface area (Å²) < 4.78 is 19.1. The van der Waals surface area contributed by atoms with E-state index in [9.17, 15) is 0 Å². The SMILES string of the molecule is CCc1cc(OCC=C(Cl)Cl)cc(CC)c1OCCC(C)Oc1ccc(Br)cc1. The van der Waals surface area contributed by atoms with Crippen LogP contribution in [0.25, 0.3) is 0 Å². The van der Waals surface area contributed by atoms with Gasteiger partial charge in [-0.1, -0.05) is 53.0 Å². The van der Waals surface area contributed by atoms with Crippen molar-refractivity contribution in [3.05, 3.63) is 62.6 Å². The van der Waals surface area contributed by atoms with E-state index >= 15 is 0 Å². The maximum atomic E-state index is 6.18. The van der Waals surface area contributed by atoms with Crippen LogP contribution < -0.4 is 14.2 Å². The third kappa shape index (κ3) is 8.12. The van der Waals surface area contributed by atoms with Gasteiger partial charge in [-0.05, 0) is 73.4 Å². The highest BCUT2D eigenvalue weighted by molar-refractivity contribution is 9.10. The molecular formula is C23H27BrCl2O3. The summed E-state index contributed by atoms with van der Waals surface area (Å²) in [6, 6.07) is 11.9. The second-order valence-electron chi connectivity index (χ2n) is 6.60. The zero-order chi connectivity index (χ0) is 21.2. The molecule has 0 amide bonds. The molecule has 0 fully saturated rings. The van der Waals surface area contributed by atoms with Crippen molar-refractivity contribution in [2.45, 2.75) is 46.1 Å². The largest absolute Gasteiger partial charge is 0.493 e. The highest BCUT2D eigenvalue weighted by Crippen LogP contribution is 2.31. The maximum absolute atomic E-state index is 6.18. The lowest BCUT2D eigenvalue weighted by Crippen LogP contribution is -2.16. The van der Waals surface area contributed by atoms with E-state index in [-0.39, 0.29) is 10.6 Å². The molecule has 0 aromatic heterocycles. The molecule has 2 aromatic carbocycles. The van der Waals surface area contributed by atoms with Gasteiger partial charge in [0, 0.05) is 10.9 Å². The minimum Gasteiger partial charge on any atom is -0.493 e. The van der Waals surface area contributed by atoms with Crippen LogP contribution in [0.1, 0.15) is 38.3 Å². The summed E-state index contributed by atoms with van der Waals surface area (Å²) in [6.07, 6.45) is 4.19. The fourth-order valence-corrected chi connectivity index (χ4v) is 3.24. The zero-order valence-electron chi connectivity index (χ0n) is 17.0. The van der Waals surface area contributed by atoms with Crippen molar-refractivity contribution >= 4 is 39.1 Å². The molecule has 0 saturated carbocycles. The molecule has 0 aliphatic carbocycles. The molecule has 0 aliphatic heterocycles. The average Bonchev–Trinajstić information content (AvgIpc) is 2.69. The Bertz CT molecular complexity index is 777. The van der Waals surface area contributed by atoms with Crippen LogP contribution in [0.4, 0.5) is 0 Å². The van der Waals surface area contributed by atoms with Gasteiger partial charge < -0.3 is 14.2 Å². The number of ether oxygens (including phenoxy) is 3. The van der Waals surface area contributed by atoms with Gasteiger partial charge in [0.2, 0.25) is 0 Å². The van der Waals surface area contributed by atoms with Gasteiger partial charge in [0.15, 0.2) is 0 Å². The lowest BCUT2D eigenvalue weighted by Gasteiger charge is -2.19. The Kier molecular flexibility index (Phi) is 10.2. The molecule has 0 N–H and O–H groups in total. The quantitative estimate of drug-likeness (QED) is 0.318. The van der Waals surface area contributed by atoms with Gasteiger partial charge in [-0.3, -0.25) is 0 Å². The van der Waals surface area contributed by atoms with E-state index in [2.05, 4.69) is 36.7 Å². The van der Waals surface area contributed by atoms with Crippen LogP contribution in [0.15, 0.2) is 51.4 Å². The molecule has 6 heteroatoms. The molecule has 0 saturated heterocycles. The summed E-state index contributed by atoms with van der Waals surface area (Å²) in [5.74, 6) is 2.60. The Hall–Kier alpha value is -1.36. The van der Waals surface area contributed by atoms with Gasteiger partial charge >= 0.3 is 0 Å². The van der Waals surface area contributed by atoms with Crippen molar-refractivity contribution < 1.29 is 14.2 Å². The average molecular weight is 502 g/mol. The Balaban J connectivity index is 1.97. The van der Waals surface area contributed by atoms with Crippen molar-refractivity contribution in [1.82, 2.24) is 0 Å². The number of aryl methyl sites for hydroxylation is 2. The van der Waals surface area contributed by atoms with E-state index in [1.165, 1.54) is 0 Å². The second-order valence-corrected chi connectivity index (χ2v) is 8.53. The van der Waals surface area contributed by atoms with Crippen LogP contribution in [0, 0.1) is 0 Å². The van der Waals surface area contributed by atoms with Crippen LogP contribution in [0.3, 0.4) is 0 Å². The van der Waals surface area contributed by atoms with Crippen molar-refractivity contribution in [2.75, 3.05) is 13.2 Å². The van der Waals surface area contributed by atoms with E-state index in [0.717, 1.165) is 52.1 Å². The van der Waals surface area contributed by atoms with Crippen molar-refractivity contribution in [2.24, 2.45) is 0 Å². The van der Waals surface area contributed by atoms with Crippen LogP contribution in [-0.2, 0) is 12.8 Å². The van der Waals surface area contributed by atoms with Gasteiger partial charge in [0.25, 0.3) is 0 Å². The lowest BCUT2D eigenvalue weighted by atomic mass is 10.0. The van der Waals surface area contributed by atoms with E-state index < -0.39 is 0 Å². The number of benzene rings is 2. The van der Waals surface area contributed by atoms with Crippen molar-refractivity contribution in [3.63, 3.8) is 0 Å². The molecule has 158 valence electrons. The lowest BCUT2D eigenvalue weighted by molar-refractivity contribution is 0.176. The van der Waals surface area contributed by atoms with Crippen LogP contribution >= 0.6 is 39.1 Å². The molecule has 0 aliphatic rings. The van der Waals surface area contributed by atoms with Gasteiger partial charge in [-0.15, -0.1) is 0 Å². The third-order valence-corrected chi connectivity index (χ3v) is 5.22. The molecule has 0 spiro atoms.